The van der Waals surface area contributed by atoms with Gasteiger partial charge in [-0.1, -0.05) is 0 Å². The first-order valence-electron chi connectivity index (χ1n) is 5.88. The lowest BCUT2D eigenvalue weighted by molar-refractivity contribution is -0.161. The highest BCUT2D eigenvalue weighted by atomic mass is 16.6. The van der Waals surface area contributed by atoms with Gasteiger partial charge in [-0.3, -0.25) is 4.79 Å². The van der Waals surface area contributed by atoms with E-state index in [9.17, 15) is 4.79 Å². The standard InChI is InChI=1S/C12H21NO2/c1-11(2,3)15-10(14)9-4-7-13-12(8-9)5-6-12/h9,13H,4-8H2,1-3H3. The lowest BCUT2D eigenvalue weighted by Gasteiger charge is -2.31. The van der Waals surface area contributed by atoms with Gasteiger partial charge in [-0.05, 0) is 53.0 Å². The molecule has 3 heteroatoms. The molecule has 0 bridgehead atoms. The van der Waals surface area contributed by atoms with Crippen LogP contribution in [-0.2, 0) is 9.53 Å². The van der Waals surface area contributed by atoms with E-state index in [1.165, 1.54) is 12.8 Å². The minimum absolute atomic E-state index is 0.00437. The Morgan fingerprint density at radius 2 is 2.07 bits per heavy atom. The maximum Gasteiger partial charge on any atom is 0.309 e. The van der Waals surface area contributed by atoms with E-state index in [0.29, 0.717) is 5.54 Å². The fraction of sp³-hybridized carbons (Fsp3) is 0.917. The predicted molar refractivity (Wildman–Crippen MR) is 58.5 cm³/mol. The number of rotatable bonds is 1. The molecular formula is C12H21NO2. The van der Waals surface area contributed by atoms with Gasteiger partial charge in [0.25, 0.3) is 0 Å². The molecule has 1 atom stereocenters. The minimum atomic E-state index is -0.349. The summed E-state index contributed by atoms with van der Waals surface area (Å²) in [6.45, 7) is 6.75. The summed E-state index contributed by atoms with van der Waals surface area (Å²) in [5.41, 5.74) is -0.0432. The average molecular weight is 211 g/mol. The summed E-state index contributed by atoms with van der Waals surface area (Å²) in [4.78, 5) is 11.9. The zero-order chi connectivity index (χ0) is 11.1. The molecule has 1 saturated carbocycles. The Morgan fingerprint density at radius 3 is 2.60 bits per heavy atom. The summed E-state index contributed by atoms with van der Waals surface area (Å²) < 4.78 is 5.43. The quantitative estimate of drug-likeness (QED) is 0.673. The van der Waals surface area contributed by atoms with Crippen LogP contribution in [0.4, 0.5) is 0 Å². The molecule has 1 unspecified atom stereocenters. The summed E-state index contributed by atoms with van der Waals surface area (Å²) in [7, 11) is 0. The molecule has 0 aromatic carbocycles. The second kappa shape index (κ2) is 3.48. The van der Waals surface area contributed by atoms with E-state index in [1.807, 2.05) is 20.8 Å². The van der Waals surface area contributed by atoms with Gasteiger partial charge in [0, 0.05) is 5.54 Å². The van der Waals surface area contributed by atoms with E-state index >= 15 is 0 Å². The van der Waals surface area contributed by atoms with Crippen molar-refractivity contribution in [1.82, 2.24) is 5.32 Å². The van der Waals surface area contributed by atoms with Crippen molar-refractivity contribution in [3.05, 3.63) is 0 Å². The molecule has 2 aliphatic rings. The Kier molecular flexibility index (Phi) is 2.53. The molecule has 1 aliphatic carbocycles. The maximum absolute atomic E-state index is 11.9. The van der Waals surface area contributed by atoms with Crippen LogP contribution in [0.3, 0.4) is 0 Å². The van der Waals surface area contributed by atoms with Crippen LogP contribution in [-0.4, -0.2) is 23.7 Å². The molecule has 0 aromatic heterocycles. The summed E-state index contributed by atoms with van der Waals surface area (Å²) in [6, 6.07) is 0. The molecule has 1 N–H and O–H groups in total. The van der Waals surface area contributed by atoms with Crippen LogP contribution in [0.15, 0.2) is 0 Å². The topological polar surface area (TPSA) is 38.3 Å². The van der Waals surface area contributed by atoms with Crippen molar-refractivity contribution in [2.24, 2.45) is 5.92 Å². The van der Waals surface area contributed by atoms with Gasteiger partial charge in [0.1, 0.15) is 5.60 Å². The van der Waals surface area contributed by atoms with Crippen molar-refractivity contribution in [1.29, 1.82) is 0 Å². The summed E-state index contributed by atoms with van der Waals surface area (Å²) >= 11 is 0. The number of esters is 1. The third-order valence-corrected chi connectivity index (χ3v) is 3.22. The molecule has 86 valence electrons. The number of hydrogen-bond donors (Lipinski definition) is 1. The monoisotopic (exact) mass is 211 g/mol. The molecule has 0 aromatic rings. The Morgan fingerprint density at radius 1 is 1.40 bits per heavy atom. The van der Waals surface area contributed by atoms with Crippen molar-refractivity contribution in [3.8, 4) is 0 Å². The fourth-order valence-corrected chi connectivity index (χ4v) is 2.28. The second-order valence-corrected chi connectivity index (χ2v) is 5.93. The fourth-order valence-electron chi connectivity index (χ4n) is 2.28. The zero-order valence-corrected chi connectivity index (χ0v) is 9.93. The van der Waals surface area contributed by atoms with E-state index in [4.69, 9.17) is 4.74 Å². The number of hydrogen-bond acceptors (Lipinski definition) is 3. The number of piperidine rings is 1. The van der Waals surface area contributed by atoms with Gasteiger partial charge >= 0.3 is 5.97 Å². The van der Waals surface area contributed by atoms with E-state index in [1.54, 1.807) is 0 Å². The molecule has 2 rings (SSSR count). The molecule has 2 fully saturated rings. The van der Waals surface area contributed by atoms with E-state index in [2.05, 4.69) is 5.32 Å². The van der Waals surface area contributed by atoms with Crippen LogP contribution in [0.25, 0.3) is 0 Å². The zero-order valence-electron chi connectivity index (χ0n) is 9.93. The molecule has 15 heavy (non-hydrogen) atoms. The molecule has 3 nitrogen and oxygen atoms in total. The van der Waals surface area contributed by atoms with Gasteiger partial charge in [-0.25, -0.2) is 0 Å². The SMILES string of the molecule is CC(C)(C)OC(=O)C1CCNC2(CC2)C1. The third-order valence-electron chi connectivity index (χ3n) is 3.22. The van der Waals surface area contributed by atoms with E-state index < -0.39 is 0 Å². The summed E-state index contributed by atoms with van der Waals surface area (Å²) in [5, 5.41) is 3.51. The highest BCUT2D eigenvalue weighted by Gasteiger charge is 2.47. The Balaban J connectivity index is 1.90. The minimum Gasteiger partial charge on any atom is -0.460 e. The number of ether oxygens (including phenoxy) is 1. The lowest BCUT2D eigenvalue weighted by atomic mass is 9.91. The molecule has 1 spiro atoms. The number of carbonyl (C=O) groups excluding carboxylic acids is 1. The van der Waals surface area contributed by atoms with E-state index in [0.717, 1.165) is 19.4 Å². The summed E-state index contributed by atoms with van der Waals surface area (Å²) in [6.07, 6.45) is 4.36. The first kappa shape index (κ1) is 10.9. The van der Waals surface area contributed by atoms with Crippen LogP contribution in [0.5, 0.6) is 0 Å². The number of nitrogens with one attached hydrogen (secondary N) is 1. The van der Waals surface area contributed by atoms with Crippen molar-refractivity contribution in [2.45, 2.75) is 57.6 Å². The molecule has 1 aliphatic heterocycles. The van der Waals surface area contributed by atoms with Gasteiger partial charge < -0.3 is 10.1 Å². The van der Waals surface area contributed by atoms with Gasteiger partial charge in [-0.15, -0.1) is 0 Å². The van der Waals surface area contributed by atoms with Crippen LogP contribution in [0.2, 0.25) is 0 Å². The highest BCUT2D eigenvalue weighted by Crippen LogP contribution is 2.44. The van der Waals surface area contributed by atoms with Gasteiger partial charge in [-0.2, -0.15) is 0 Å². The van der Waals surface area contributed by atoms with Crippen molar-refractivity contribution in [2.75, 3.05) is 6.54 Å². The van der Waals surface area contributed by atoms with E-state index in [-0.39, 0.29) is 17.5 Å². The van der Waals surface area contributed by atoms with Gasteiger partial charge in [0.2, 0.25) is 0 Å². The third kappa shape index (κ3) is 2.71. The van der Waals surface area contributed by atoms with Crippen LogP contribution < -0.4 is 5.32 Å². The molecule has 1 saturated heterocycles. The first-order chi connectivity index (χ1) is 6.90. The molecular weight excluding hydrogens is 190 g/mol. The van der Waals surface area contributed by atoms with Gasteiger partial charge in [0.15, 0.2) is 0 Å². The summed E-state index contributed by atoms with van der Waals surface area (Å²) in [5.74, 6) is 0.114. The van der Waals surface area contributed by atoms with Gasteiger partial charge in [0.05, 0.1) is 5.92 Å². The normalized spacial score (nSPS) is 28.9. The Bertz CT molecular complexity index is 263. The van der Waals surface area contributed by atoms with Crippen LogP contribution in [0.1, 0.15) is 46.5 Å². The van der Waals surface area contributed by atoms with Crippen molar-refractivity contribution < 1.29 is 9.53 Å². The average Bonchev–Trinajstić information content (AvgIpc) is 2.82. The molecule has 0 radical (unpaired) electrons. The molecule has 1 heterocycles. The first-order valence-corrected chi connectivity index (χ1v) is 5.88. The van der Waals surface area contributed by atoms with Crippen LogP contribution in [0, 0.1) is 5.92 Å². The number of carbonyl (C=O) groups is 1. The lowest BCUT2D eigenvalue weighted by Crippen LogP contribution is -2.43. The smallest absolute Gasteiger partial charge is 0.309 e. The van der Waals surface area contributed by atoms with Crippen molar-refractivity contribution in [3.63, 3.8) is 0 Å². The Labute approximate surface area is 91.6 Å². The second-order valence-electron chi connectivity index (χ2n) is 5.93. The Hall–Kier alpha value is -0.570. The van der Waals surface area contributed by atoms with Crippen LogP contribution >= 0.6 is 0 Å². The highest BCUT2D eigenvalue weighted by molar-refractivity contribution is 5.73. The molecule has 0 amide bonds. The maximum atomic E-state index is 11.9. The van der Waals surface area contributed by atoms with Crippen molar-refractivity contribution >= 4 is 5.97 Å². The predicted octanol–water partition coefficient (Wildman–Crippen LogP) is 1.86. The largest absolute Gasteiger partial charge is 0.460 e.